The molecule has 25 unspecified atom stereocenters. The Morgan fingerprint density at radius 2 is 1.32 bits per heavy atom. The first-order chi connectivity index (χ1) is 30.8. The normalized spacial score (nSPS) is 52.4. The molecule has 0 spiro atoms. The van der Waals surface area contributed by atoms with Crippen molar-refractivity contribution in [3.05, 3.63) is 11.6 Å². The fraction of sp³-hybridized carbons (Fsp3) is 0.958. The SMILES string of the molecule is CC(C)=CCCCC(C)(OC1OC(CO)C(O)C(O)C1O)C1CCC2(C)C1C(O)CC1C3(C)CCC(O)C(C)(C)C3C(OC3OC(CO)C(O)C(O)C3OC3OCC(O)C(O)C3O)CC12C. The van der Waals surface area contributed by atoms with Crippen molar-refractivity contribution in [2.75, 3.05) is 19.8 Å². The van der Waals surface area contributed by atoms with E-state index in [1.54, 1.807) is 0 Å². The van der Waals surface area contributed by atoms with Crippen LogP contribution in [-0.4, -0.2) is 191 Å². The third kappa shape index (κ3) is 8.90. The zero-order valence-corrected chi connectivity index (χ0v) is 40.0. The molecule has 66 heavy (non-hydrogen) atoms. The second-order valence-corrected chi connectivity index (χ2v) is 23.0. The van der Waals surface area contributed by atoms with Gasteiger partial charge in [0.25, 0.3) is 0 Å². The van der Waals surface area contributed by atoms with Crippen LogP contribution in [0.2, 0.25) is 0 Å². The zero-order valence-electron chi connectivity index (χ0n) is 40.0. The standard InChI is InChI=1S/C48H82O18/c1-22(2)11-9-10-14-48(8,66-42-38(60)35(57)33(55)27(19-49)63-42)23-12-16-46(6)31(23)24(51)17-29-45(5)15-13-30(53)44(3,4)40(45)26(18-47(29,46)7)62-43-39(36(58)34(56)28(20-50)64-43)65-41-37(59)32(54)25(52)21-61-41/h11,23-43,49-60H,9-10,12-21H2,1-8H3. The van der Waals surface area contributed by atoms with Gasteiger partial charge in [0.15, 0.2) is 18.9 Å². The summed E-state index contributed by atoms with van der Waals surface area (Å²) in [5, 5.41) is 132. The predicted molar refractivity (Wildman–Crippen MR) is 234 cm³/mol. The van der Waals surface area contributed by atoms with Crippen molar-refractivity contribution < 1.29 is 89.7 Å². The summed E-state index contributed by atoms with van der Waals surface area (Å²) >= 11 is 0. The quantitative estimate of drug-likeness (QED) is 0.0656. The highest BCUT2D eigenvalue weighted by Crippen LogP contribution is 2.76. The van der Waals surface area contributed by atoms with E-state index in [1.807, 2.05) is 34.6 Å². The lowest BCUT2D eigenvalue weighted by atomic mass is 9.34. The number of unbranched alkanes of at least 4 members (excludes halogenated alkanes) is 1. The fourth-order valence-corrected chi connectivity index (χ4v) is 14.8. The minimum Gasteiger partial charge on any atom is -0.394 e. The third-order valence-electron chi connectivity index (χ3n) is 18.6. The van der Waals surface area contributed by atoms with Crippen LogP contribution in [0.3, 0.4) is 0 Å². The number of fused-ring (bicyclic) bond motifs is 5. The Bertz CT molecular complexity index is 1680. The Morgan fingerprint density at radius 1 is 0.697 bits per heavy atom. The summed E-state index contributed by atoms with van der Waals surface area (Å²) in [5.41, 5.74) is -2.32. The molecule has 0 amide bonds. The fourth-order valence-electron chi connectivity index (χ4n) is 14.8. The largest absolute Gasteiger partial charge is 0.394 e. The first-order valence-corrected chi connectivity index (χ1v) is 24.4. The highest BCUT2D eigenvalue weighted by molar-refractivity contribution is 5.22. The van der Waals surface area contributed by atoms with Gasteiger partial charge in [-0.25, -0.2) is 0 Å². The van der Waals surface area contributed by atoms with Crippen molar-refractivity contribution >= 4 is 0 Å². The maximum absolute atomic E-state index is 12.8. The van der Waals surface area contributed by atoms with Gasteiger partial charge in [-0.1, -0.05) is 46.3 Å². The highest BCUT2D eigenvalue weighted by Gasteiger charge is 2.74. The summed E-state index contributed by atoms with van der Waals surface area (Å²) in [6.45, 7) is 15.1. The number of aliphatic hydroxyl groups excluding tert-OH is 12. The average molecular weight is 947 g/mol. The van der Waals surface area contributed by atoms with Crippen LogP contribution in [0.1, 0.15) is 113 Å². The number of ether oxygens (including phenoxy) is 6. The zero-order chi connectivity index (χ0) is 48.6. The molecule has 18 nitrogen and oxygen atoms in total. The maximum Gasteiger partial charge on any atom is 0.187 e. The van der Waals surface area contributed by atoms with Crippen LogP contribution in [0, 0.1) is 45.3 Å². The van der Waals surface area contributed by atoms with Gasteiger partial charge in [-0.15, -0.1) is 0 Å². The molecule has 3 saturated heterocycles. The lowest BCUT2D eigenvalue weighted by Gasteiger charge is -2.72. The summed E-state index contributed by atoms with van der Waals surface area (Å²) < 4.78 is 37.8. The van der Waals surface area contributed by atoms with Crippen molar-refractivity contribution in [2.45, 2.75) is 223 Å². The minimum absolute atomic E-state index is 0.0810. The average Bonchev–Trinajstić information content (AvgIpc) is 3.65. The predicted octanol–water partition coefficient (Wildman–Crippen LogP) is -0.0268. The van der Waals surface area contributed by atoms with Gasteiger partial charge >= 0.3 is 0 Å². The Balaban J connectivity index is 1.26. The van der Waals surface area contributed by atoms with E-state index >= 15 is 0 Å². The molecule has 0 aromatic heterocycles. The lowest BCUT2D eigenvalue weighted by molar-refractivity contribution is -0.377. The molecule has 0 aromatic carbocycles. The molecule has 25 atom stereocenters. The van der Waals surface area contributed by atoms with E-state index in [0.717, 1.165) is 12.0 Å². The first kappa shape index (κ1) is 52.8. The van der Waals surface area contributed by atoms with Gasteiger partial charge in [-0.3, -0.25) is 0 Å². The van der Waals surface area contributed by atoms with Crippen molar-refractivity contribution in [3.63, 3.8) is 0 Å². The molecular formula is C48H82O18. The van der Waals surface area contributed by atoms with Crippen LogP contribution in [0.25, 0.3) is 0 Å². The maximum atomic E-state index is 12.8. The molecular weight excluding hydrogens is 865 g/mol. The molecule has 3 heterocycles. The minimum atomic E-state index is -1.73. The molecule has 7 fully saturated rings. The Morgan fingerprint density at radius 3 is 1.95 bits per heavy atom. The molecule has 3 aliphatic heterocycles. The van der Waals surface area contributed by atoms with Crippen molar-refractivity contribution in [1.82, 2.24) is 0 Å². The first-order valence-electron chi connectivity index (χ1n) is 24.4. The van der Waals surface area contributed by atoms with Crippen LogP contribution in [0.4, 0.5) is 0 Å². The highest BCUT2D eigenvalue weighted by atomic mass is 16.8. The van der Waals surface area contributed by atoms with Gasteiger partial charge in [-0.05, 0) is 124 Å². The second-order valence-electron chi connectivity index (χ2n) is 23.0. The van der Waals surface area contributed by atoms with Crippen LogP contribution in [-0.2, 0) is 28.4 Å². The van der Waals surface area contributed by atoms with E-state index in [-0.39, 0.29) is 30.3 Å². The van der Waals surface area contributed by atoms with Crippen molar-refractivity contribution in [2.24, 2.45) is 45.3 Å². The molecule has 12 N–H and O–H groups in total. The van der Waals surface area contributed by atoms with Crippen LogP contribution in [0.5, 0.6) is 0 Å². The summed E-state index contributed by atoms with van der Waals surface area (Å²) in [6, 6.07) is 0. The summed E-state index contributed by atoms with van der Waals surface area (Å²) in [7, 11) is 0. The number of aliphatic hydroxyl groups is 12. The molecule has 0 aromatic rings. The molecule has 4 saturated carbocycles. The van der Waals surface area contributed by atoms with E-state index in [0.29, 0.717) is 51.4 Å². The number of hydrogen-bond acceptors (Lipinski definition) is 18. The molecule has 4 aliphatic carbocycles. The Hall–Kier alpha value is -0.980. The molecule has 7 rings (SSSR count). The number of hydrogen-bond donors (Lipinski definition) is 12. The molecule has 0 radical (unpaired) electrons. The van der Waals surface area contributed by atoms with Crippen molar-refractivity contribution in [3.8, 4) is 0 Å². The van der Waals surface area contributed by atoms with E-state index < -0.39 is 145 Å². The van der Waals surface area contributed by atoms with Crippen LogP contribution in [0.15, 0.2) is 11.6 Å². The Labute approximate surface area is 388 Å². The molecule has 18 heteroatoms. The molecule has 382 valence electrons. The molecule has 7 aliphatic rings. The van der Waals surface area contributed by atoms with Gasteiger partial charge in [0.2, 0.25) is 0 Å². The van der Waals surface area contributed by atoms with Crippen LogP contribution < -0.4 is 0 Å². The number of rotatable bonds is 13. The number of allylic oxidation sites excluding steroid dienone is 2. The summed E-state index contributed by atoms with van der Waals surface area (Å²) in [5.74, 6) is -1.09. The van der Waals surface area contributed by atoms with E-state index in [9.17, 15) is 61.3 Å². The lowest BCUT2D eigenvalue weighted by Crippen LogP contribution is -2.71. The van der Waals surface area contributed by atoms with Crippen molar-refractivity contribution in [1.29, 1.82) is 0 Å². The van der Waals surface area contributed by atoms with E-state index in [4.69, 9.17) is 28.4 Å². The van der Waals surface area contributed by atoms with Gasteiger partial charge in [0.05, 0.1) is 43.7 Å². The Kier molecular flexibility index (Phi) is 15.7. The molecule has 0 bridgehead atoms. The topological polar surface area (TPSA) is 298 Å². The second kappa shape index (κ2) is 19.6. The summed E-state index contributed by atoms with van der Waals surface area (Å²) in [4.78, 5) is 0. The smallest absolute Gasteiger partial charge is 0.187 e. The van der Waals surface area contributed by atoms with E-state index in [2.05, 4.69) is 26.8 Å². The summed E-state index contributed by atoms with van der Waals surface area (Å²) in [6.07, 6.45) is -16.2. The van der Waals surface area contributed by atoms with Gasteiger partial charge in [0.1, 0.15) is 67.1 Å². The van der Waals surface area contributed by atoms with Gasteiger partial charge in [0, 0.05) is 0 Å². The monoisotopic (exact) mass is 947 g/mol. The van der Waals surface area contributed by atoms with Gasteiger partial charge < -0.3 is 89.7 Å². The van der Waals surface area contributed by atoms with E-state index in [1.165, 1.54) is 0 Å². The van der Waals surface area contributed by atoms with Gasteiger partial charge in [-0.2, -0.15) is 0 Å². The third-order valence-corrected chi connectivity index (χ3v) is 18.6. The van der Waals surface area contributed by atoms with Crippen LogP contribution >= 0.6 is 0 Å².